The van der Waals surface area contributed by atoms with Crippen molar-refractivity contribution in [3.05, 3.63) is 47.5 Å². The molecule has 7 heteroatoms. The number of amides is 2. The monoisotopic (exact) mass is 317 g/mol. The van der Waals surface area contributed by atoms with Crippen LogP contribution in [0.1, 0.15) is 24.2 Å². The van der Waals surface area contributed by atoms with E-state index < -0.39 is 11.8 Å². The third-order valence-electron chi connectivity index (χ3n) is 3.97. The van der Waals surface area contributed by atoms with Crippen LogP contribution in [0.5, 0.6) is 0 Å². The van der Waals surface area contributed by atoms with Crippen LogP contribution in [0.25, 0.3) is 0 Å². The Kier molecular flexibility index (Phi) is 3.85. The van der Waals surface area contributed by atoms with E-state index >= 15 is 0 Å². The first kappa shape index (κ1) is 15.2. The van der Waals surface area contributed by atoms with E-state index in [4.69, 9.17) is 4.52 Å². The van der Waals surface area contributed by atoms with Crippen LogP contribution in [0.4, 0.5) is 10.2 Å². The number of nitrogens with zero attached hydrogens (tertiary/aromatic N) is 1. The molecule has 120 valence electrons. The number of nitrogens with one attached hydrogen (secondary N) is 2. The number of halogens is 1. The third-order valence-corrected chi connectivity index (χ3v) is 3.97. The van der Waals surface area contributed by atoms with Crippen LogP contribution < -0.4 is 10.6 Å². The van der Waals surface area contributed by atoms with E-state index in [1.807, 2.05) is 0 Å². The van der Waals surface area contributed by atoms with E-state index in [9.17, 15) is 14.0 Å². The van der Waals surface area contributed by atoms with Gasteiger partial charge in [0.15, 0.2) is 5.82 Å². The second-order valence-electron chi connectivity index (χ2n) is 5.75. The van der Waals surface area contributed by atoms with E-state index in [1.54, 1.807) is 19.1 Å². The van der Waals surface area contributed by atoms with Gasteiger partial charge in [-0.05, 0) is 37.5 Å². The number of rotatable bonds is 4. The summed E-state index contributed by atoms with van der Waals surface area (Å²) in [7, 11) is 0. The van der Waals surface area contributed by atoms with Gasteiger partial charge in [-0.15, -0.1) is 0 Å². The van der Waals surface area contributed by atoms with Gasteiger partial charge in [0, 0.05) is 18.0 Å². The van der Waals surface area contributed by atoms with Gasteiger partial charge < -0.3 is 9.84 Å². The van der Waals surface area contributed by atoms with Crippen molar-refractivity contribution in [1.29, 1.82) is 0 Å². The number of carbonyl (C=O) groups excluding carboxylic acids is 2. The van der Waals surface area contributed by atoms with E-state index in [0.29, 0.717) is 12.3 Å². The summed E-state index contributed by atoms with van der Waals surface area (Å²) in [5, 5.41) is 8.58. The lowest BCUT2D eigenvalue weighted by Crippen LogP contribution is -2.39. The molecule has 6 nitrogen and oxygen atoms in total. The molecule has 1 aromatic heterocycles. The van der Waals surface area contributed by atoms with Crippen LogP contribution in [0.15, 0.2) is 34.9 Å². The summed E-state index contributed by atoms with van der Waals surface area (Å²) >= 11 is 0. The zero-order chi connectivity index (χ0) is 16.4. The van der Waals surface area contributed by atoms with Crippen molar-refractivity contribution in [2.24, 2.45) is 0 Å². The van der Waals surface area contributed by atoms with Gasteiger partial charge in [0.2, 0.25) is 0 Å². The molecule has 0 bridgehead atoms. The molecule has 2 amide bonds. The Morgan fingerprint density at radius 2 is 1.96 bits per heavy atom. The highest BCUT2D eigenvalue weighted by Crippen LogP contribution is 2.47. The van der Waals surface area contributed by atoms with Crippen LogP contribution in [0.3, 0.4) is 0 Å². The molecule has 3 rings (SSSR count). The van der Waals surface area contributed by atoms with Crippen LogP contribution in [0, 0.1) is 12.7 Å². The van der Waals surface area contributed by atoms with Crippen molar-refractivity contribution in [1.82, 2.24) is 10.5 Å². The van der Waals surface area contributed by atoms with Gasteiger partial charge in [-0.3, -0.25) is 14.9 Å². The van der Waals surface area contributed by atoms with Crippen molar-refractivity contribution in [2.45, 2.75) is 25.2 Å². The summed E-state index contributed by atoms with van der Waals surface area (Å²) in [5.74, 6) is -1.10. The zero-order valence-electron chi connectivity index (χ0n) is 12.6. The molecule has 1 aliphatic rings. The van der Waals surface area contributed by atoms with Gasteiger partial charge in [0.05, 0.1) is 0 Å². The lowest BCUT2D eigenvalue weighted by molar-refractivity contribution is -0.136. The minimum Gasteiger partial charge on any atom is -0.360 e. The van der Waals surface area contributed by atoms with E-state index in [2.05, 4.69) is 15.8 Å². The topological polar surface area (TPSA) is 84.2 Å². The van der Waals surface area contributed by atoms with Crippen molar-refractivity contribution >= 4 is 17.6 Å². The first-order valence-corrected chi connectivity index (χ1v) is 7.27. The molecule has 1 saturated carbocycles. The van der Waals surface area contributed by atoms with Crippen molar-refractivity contribution in [3.8, 4) is 0 Å². The number of aromatic nitrogens is 1. The van der Waals surface area contributed by atoms with Crippen LogP contribution in [0.2, 0.25) is 0 Å². The van der Waals surface area contributed by atoms with Gasteiger partial charge in [0.1, 0.15) is 11.6 Å². The molecule has 1 aromatic carbocycles. The summed E-state index contributed by atoms with van der Waals surface area (Å²) in [6, 6.07) is 7.75. The Bertz CT molecular complexity index is 735. The standard InChI is InChI=1S/C16H16FN3O3/c1-10-8-13(20-23-10)19-15(22)14(21)18-9-16(6-7-16)11-2-4-12(17)5-3-11/h2-5,8H,6-7,9H2,1H3,(H,18,21)(H,19,20,22). The molecule has 23 heavy (non-hydrogen) atoms. The van der Waals surface area contributed by atoms with Gasteiger partial charge in [-0.2, -0.15) is 0 Å². The Morgan fingerprint density at radius 1 is 1.26 bits per heavy atom. The fourth-order valence-corrected chi connectivity index (χ4v) is 2.45. The maximum Gasteiger partial charge on any atom is 0.314 e. The Balaban J connectivity index is 1.56. The van der Waals surface area contributed by atoms with Crippen LogP contribution in [-0.4, -0.2) is 23.5 Å². The largest absolute Gasteiger partial charge is 0.360 e. The normalized spacial score (nSPS) is 15.0. The third kappa shape index (κ3) is 3.39. The predicted octanol–water partition coefficient (Wildman–Crippen LogP) is 1.91. The van der Waals surface area contributed by atoms with Crippen molar-refractivity contribution in [2.75, 3.05) is 11.9 Å². The molecular weight excluding hydrogens is 301 g/mol. The van der Waals surface area contributed by atoms with Crippen molar-refractivity contribution < 1.29 is 18.5 Å². The quantitative estimate of drug-likeness (QED) is 0.844. The number of hydrogen-bond acceptors (Lipinski definition) is 4. The molecule has 1 heterocycles. The average Bonchev–Trinajstić information content (AvgIpc) is 3.22. The van der Waals surface area contributed by atoms with E-state index in [-0.39, 0.29) is 17.1 Å². The predicted molar refractivity (Wildman–Crippen MR) is 80.2 cm³/mol. The summed E-state index contributed by atoms with van der Waals surface area (Å²) in [6.07, 6.45) is 1.78. The molecule has 2 aromatic rings. The number of carbonyl (C=O) groups is 2. The molecular formula is C16H16FN3O3. The summed E-state index contributed by atoms with van der Waals surface area (Å²) < 4.78 is 17.8. The fraction of sp³-hybridized carbons (Fsp3) is 0.312. The molecule has 0 saturated heterocycles. The van der Waals surface area contributed by atoms with Crippen LogP contribution in [-0.2, 0) is 15.0 Å². The van der Waals surface area contributed by atoms with Gasteiger partial charge in [-0.25, -0.2) is 4.39 Å². The maximum absolute atomic E-state index is 13.0. The second-order valence-corrected chi connectivity index (χ2v) is 5.75. The SMILES string of the molecule is Cc1cc(NC(=O)C(=O)NCC2(c3ccc(F)cc3)CC2)no1. The minimum atomic E-state index is -0.798. The number of benzene rings is 1. The minimum absolute atomic E-state index is 0.197. The van der Waals surface area contributed by atoms with Gasteiger partial charge in [-0.1, -0.05) is 17.3 Å². The van der Waals surface area contributed by atoms with Crippen LogP contribution >= 0.6 is 0 Å². The highest BCUT2D eigenvalue weighted by Gasteiger charge is 2.44. The second kappa shape index (κ2) is 5.83. The molecule has 2 N–H and O–H groups in total. The highest BCUT2D eigenvalue weighted by molar-refractivity contribution is 6.39. The number of hydrogen-bond donors (Lipinski definition) is 2. The molecule has 1 aliphatic carbocycles. The smallest absolute Gasteiger partial charge is 0.314 e. The van der Waals surface area contributed by atoms with E-state index in [1.165, 1.54) is 18.2 Å². The molecule has 0 unspecified atom stereocenters. The molecule has 0 atom stereocenters. The molecule has 1 fully saturated rings. The highest BCUT2D eigenvalue weighted by atomic mass is 19.1. The zero-order valence-corrected chi connectivity index (χ0v) is 12.6. The Hall–Kier alpha value is -2.70. The number of aryl methyl sites for hydroxylation is 1. The molecule has 0 aliphatic heterocycles. The van der Waals surface area contributed by atoms with Crippen molar-refractivity contribution in [3.63, 3.8) is 0 Å². The first-order valence-electron chi connectivity index (χ1n) is 7.27. The molecule has 0 radical (unpaired) electrons. The maximum atomic E-state index is 13.0. The Morgan fingerprint density at radius 3 is 2.52 bits per heavy atom. The lowest BCUT2D eigenvalue weighted by atomic mass is 9.96. The molecule has 0 spiro atoms. The summed E-state index contributed by atoms with van der Waals surface area (Å²) in [6.45, 7) is 2.02. The summed E-state index contributed by atoms with van der Waals surface area (Å²) in [4.78, 5) is 23.7. The number of anilines is 1. The van der Waals surface area contributed by atoms with E-state index in [0.717, 1.165) is 18.4 Å². The first-order chi connectivity index (χ1) is 11.0. The lowest BCUT2D eigenvalue weighted by Gasteiger charge is -2.16. The fourth-order valence-electron chi connectivity index (χ4n) is 2.45. The van der Waals surface area contributed by atoms with Gasteiger partial charge in [0.25, 0.3) is 0 Å². The summed E-state index contributed by atoms with van der Waals surface area (Å²) in [5.41, 5.74) is 0.764. The van der Waals surface area contributed by atoms with Gasteiger partial charge >= 0.3 is 11.8 Å². The average molecular weight is 317 g/mol. The Labute approximate surface area is 132 Å².